The maximum Gasteiger partial charge on any atom is 0.119 e. The van der Waals surface area contributed by atoms with E-state index in [2.05, 4.69) is 4.74 Å². The van der Waals surface area contributed by atoms with Crippen LogP contribution in [0.15, 0.2) is 30.3 Å². The highest BCUT2D eigenvalue weighted by Crippen LogP contribution is 2.06. The van der Waals surface area contributed by atoms with Gasteiger partial charge in [-0.2, -0.15) is 0 Å². The van der Waals surface area contributed by atoms with E-state index in [-0.39, 0.29) is 12.7 Å². The highest BCUT2D eigenvalue weighted by atomic mass is 16.5. The summed E-state index contributed by atoms with van der Waals surface area (Å²) in [4.78, 5) is 0. The van der Waals surface area contributed by atoms with Gasteiger partial charge in [-0.1, -0.05) is 18.2 Å². The van der Waals surface area contributed by atoms with Crippen LogP contribution in [0.2, 0.25) is 0 Å². The van der Waals surface area contributed by atoms with Crippen molar-refractivity contribution in [1.82, 2.24) is 0 Å². The van der Waals surface area contributed by atoms with Crippen molar-refractivity contribution in [2.45, 2.75) is 13.0 Å². The van der Waals surface area contributed by atoms with Crippen LogP contribution in [0.25, 0.3) is 0 Å². The molecule has 0 aliphatic heterocycles. The van der Waals surface area contributed by atoms with Gasteiger partial charge in [-0.05, 0) is 19.1 Å². The molecule has 1 aromatic carbocycles. The van der Waals surface area contributed by atoms with Crippen molar-refractivity contribution in [1.29, 1.82) is 0 Å². The number of aliphatic hydroxyl groups excluding tert-OH is 2. The predicted octanol–water partition coefficient (Wildman–Crippen LogP) is 1.07. The third kappa shape index (κ3) is 9.45. The number of hydrogen-bond donors (Lipinski definition) is 2. The summed E-state index contributed by atoms with van der Waals surface area (Å²) in [5.41, 5.74) is 0. The molecule has 0 amide bonds. The van der Waals surface area contributed by atoms with E-state index in [1.165, 1.54) is 0 Å². The van der Waals surface area contributed by atoms with E-state index in [9.17, 15) is 0 Å². The van der Waals surface area contributed by atoms with Crippen molar-refractivity contribution < 1.29 is 19.7 Å². The molecule has 0 aromatic heterocycles. The zero-order valence-electron chi connectivity index (χ0n) is 9.80. The van der Waals surface area contributed by atoms with E-state index in [4.69, 9.17) is 14.9 Å². The standard InChI is InChI=1S/C8H10O2.C4H10O2/c9-6-7-10-8-4-2-1-3-5-8;1-4(5)3-6-2/h1-5,9H,6-7H2;4-5H,3H2,1-2H3. The van der Waals surface area contributed by atoms with Gasteiger partial charge in [0, 0.05) is 7.11 Å². The van der Waals surface area contributed by atoms with Gasteiger partial charge in [-0.3, -0.25) is 0 Å². The number of methoxy groups -OCH3 is 1. The number of rotatable bonds is 5. The minimum Gasteiger partial charge on any atom is -0.491 e. The first kappa shape index (κ1) is 14.9. The second-order valence-corrected chi connectivity index (χ2v) is 3.19. The Bertz CT molecular complexity index is 236. The summed E-state index contributed by atoms with van der Waals surface area (Å²) in [5, 5.41) is 16.8. The van der Waals surface area contributed by atoms with Crippen LogP contribution in [0.3, 0.4) is 0 Å². The lowest BCUT2D eigenvalue weighted by Gasteiger charge is -2.01. The van der Waals surface area contributed by atoms with Crippen LogP contribution in [0.4, 0.5) is 0 Å². The molecule has 1 atom stereocenters. The van der Waals surface area contributed by atoms with Gasteiger partial charge < -0.3 is 19.7 Å². The molecule has 4 heteroatoms. The normalized spacial score (nSPS) is 11.2. The smallest absolute Gasteiger partial charge is 0.119 e. The molecule has 0 aliphatic carbocycles. The topological polar surface area (TPSA) is 58.9 Å². The van der Waals surface area contributed by atoms with Crippen LogP contribution < -0.4 is 4.74 Å². The van der Waals surface area contributed by atoms with Crippen molar-refractivity contribution >= 4 is 0 Å². The molecule has 0 aliphatic rings. The molecule has 1 rings (SSSR count). The van der Waals surface area contributed by atoms with E-state index in [0.717, 1.165) is 5.75 Å². The molecule has 2 N–H and O–H groups in total. The number of para-hydroxylation sites is 1. The Kier molecular flexibility index (Phi) is 9.70. The molecule has 16 heavy (non-hydrogen) atoms. The van der Waals surface area contributed by atoms with Gasteiger partial charge in [0.2, 0.25) is 0 Å². The number of aliphatic hydroxyl groups is 2. The Labute approximate surface area is 96.4 Å². The second kappa shape index (κ2) is 10.4. The van der Waals surface area contributed by atoms with E-state index in [1.807, 2.05) is 30.3 Å². The minimum atomic E-state index is -0.324. The second-order valence-electron chi connectivity index (χ2n) is 3.19. The zero-order valence-corrected chi connectivity index (χ0v) is 9.80. The van der Waals surface area contributed by atoms with Crippen molar-refractivity contribution in [3.8, 4) is 5.75 Å². The van der Waals surface area contributed by atoms with Gasteiger partial charge in [0.25, 0.3) is 0 Å². The largest absolute Gasteiger partial charge is 0.491 e. The lowest BCUT2D eigenvalue weighted by atomic mass is 10.3. The maximum atomic E-state index is 8.43. The van der Waals surface area contributed by atoms with Crippen LogP contribution in [0.5, 0.6) is 5.75 Å². The van der Waals surface area contributed by atoms with E-state index in [1.54, 1.807) is 14.0 Å². The lowest BCUT2D eigenvalue weighted by Crippen LogP contribution is -2.07. The monoisotopic (exact) mass is 228 g/mol. The fraction of sp³-hybridized carbons (Fsp3) is 0.500. The number of benzene rings is 1. The third-order valence-corrected chi connectivity index (χ3v) is 1.51. The Hall–Kier alpha value is -1.10. The summed E-state index contributed by atoms with van der Waals surface area (Å²) in [5.74, 6) is 0.802. The number of hydrogen-bond acceptors (Lipinski definition) is 4. The minimum absolute atomic E-state index is 0.0644. The first-order chi connectivity index (χ1) is 7.70. The molecule has 1 aromatic rings. The molecular formula is C12H20O4. The van der Waals surface area contributed by atoms with E-state index in [0.29, 0.717) is 13.2 Å². The van der Waals surface area contributed by atoms with Crippen molar-refractivity contribution in [3.05, 3.63) is 30.3 Å². The third-order valence-electron chi connectivity index (χ3n) is 1.51. The summed E-state index contributed by atoms with van der Waals surface area (Å²) in [6.07, 6.45) is -0.324. The van der Waals surface area contributed by atoms with Crippen LogP contribution in [0.1, 0.15) is 6.92 Å². The molecule has 0 saturated heterocycles. The maximum absolute atomic E-state index is 8.43. The Balaban J connectivity index is 0.000000325. The molecule has 0 saturated carbocycles. The van der Waals surface area contributed by atoms with Crippen molar-refractivity contribution in [2.75, 3.05) is 26.9 Å². The van der Waals surface area contributed by atoms with Crippen molar-refractivity contribution in [3.63, 3.8) is 0 Å². The summed E-state index contributed by atoms with van der Waals surface area (Å²) < 4.78 is 9.66. The molecule has 0 bridgehead atoms. The van der Waals surface area contributed by atoms with Crippen LogP contribution >= 0.6 is 0 Å². The van der Waals surface area contributed by atoms with Crippen LogP contribution in [-0.2, 0) is 4.74 Å². The van der Waals surface area contributed by atoms with Gasteiger partial charge in [0.1, 0.15) is 12.4 Å². The van der Waals surface area contributed by atoms with Crippen LogP contribution in [0, 0.1) is 0 Å². The molecule has 0 spiro atoms. The predicted molar refractivity (Wildman–Crippen MR) is 62.6 cm³/mol. The van der Waals surface area contributed by atoms with E-state index >= 15 is 0 Å². The van der Waals surface area contributed by atoms with Gasteiger partial charge in [0.05, 0.1) is 19.3 Å². The summed E-state index contributed by atoms with van der Waals surface area (Å²) in [6.45, 7) is 2.54. The molecule has 0 fully saturated rings. The summed E-state index contributed by atoms with van der Waals surface area (Å²) in [6, 6.07) is 9.43. The van der Waals surface area contributed by atoms with E-state index < -0.39 is 0 Å². The first-order valence-corrected chi connectivity index (χ1v) is 5.16. The Morgan fingerprint density at radius 2 is 1.88 bits per heavy atom. The molecular weight excluding hydrogens is 208 g/mol. The first-order valence-electron chi connectivity index (χ1n) is 5.16. The van der Waals surface area contributed by atoms with Gasteiger partial charge >= 0.3 is 0 Å². The average Bonchev–Trinajstić information content (AvgIpc) is 2.28. The molecule has 92 valence electrons. The fourth-order valence-corrected chi connectivity index (χ4v) is 0.921. The van der Waals surface area contributed by atoms with Gasteiger partial charge in [-0.25, -0.2) is 0 Å². The molecule has 0 radical (unpaired) electrons. The van der Waals surface area contributed by atoms with Crippen molar-refractivity contribution in [2.24, 2.45) is 0 Å². The highest BCUT2D eigenvalue weighted by molar-refractivity contribution is 5.20. The summed E-state index contributed by atoms with van der Waals surface area (Å²) >= 11 is 0. The quantitative estimate of drug-likeness (QED) is 0.791. The summed E-state index contributed by atoms with van der Waals surface area (Å²) in [7, 11) is 1.56. The van der Waals surface area contributed by atoms with Crippen LogP contribution in [-0.4, -0.2) is 43.2 Å². The Morgan fingerprint density at radius 1 is 1.25 bits per heavy atom. The van der Waals surface area contributed by atoms with Gasteiger partial charge in [-0.15, -0.1) is 0 Å². The fourth-order valence-electron chi connectivity index (χ4n) is 0.921. The lowest BCUT2D eigenvalue weighted by molar-refractivity contribution is 0.0765. The molecule has 1 unspecified atom stereocenters. The van der Waals surface area contributed by atoms with Gasteiger partial charge in [0.15, 0.2) is 0 Å². The zero-order chi connectivity index (χ0) is 12.2. The highest BCUT2D eigenvalue weighted by Gasteiger charge is 1.88. The molecule has 0 heterocycles. The SMILES string of the molecule is COCC(C)O.OCCOc1ccccc1. The number of ether oxygens (including phenoxy) is 2. The Morgan fingerprint density at radius 3 is 2.25 bits per heavy atom. The average molecular weight is 228 g/mol. The molecule has 4 nitrogen and oxygen atoms in total.